The number of hydrogen-bond acceptors (Lipinski definition) is 5. The summed E-state index contributed by atoms with van der Waals surface area (Å²) in [5.74, 6) is -0.592. The molecule has 0 rings (SSSR count). The first-order valence-electron chi connectivity index (χ1n) is 16.6. The highest BCUT2D eigenvalue weighted by molar-refractivity contribution is 5.70. The quantitative estimate of drug-likeness (QED) is 0.0725. The number of hydrogen-bond donors (Lipinski definition) is 1. The summed E-state index contributed by atoms with van der Waals surface area (Å²) >= 11 is 0. The van der Waals surface area contributed by atoms with Crippen LogP contribution in [-0.4, -0.2) is 36.4 Å². The second-order valence-corrected chi connectivity index (χ2v) is 11.3. The predicted molar refractivity (Wildman–Crippen MR) is 159 cm³/mol. The molecule has 5 heteroatoms. The molecule has 0 aromatic heterocycles. The molecular formula is C33H64O5. The third-order valence-corrected chi connectivity index (χ3v) is 7.40. The monoisotopic (exact) mass is 540 g/mol. The van der Waals surface area contributed by atoms with E-state index in [4.69, 9.17) is 9.47 Å². The van der Waals surface area contributed by atoms with Crippen LogP contribution in [-0.2, 0) is 19.1 Å². The number of unbranched alkanes of at least 4 members (excludes halogenated alkanes) is 22. The molecule has 0 saturated carbocycles. The molecule has 5 nitrogen and oxygen atoms in total. The lowest BCUT2D eigenvalue weighted by atomic mass is 10.0. The van der Waals surface area contributed by atoms with Crippen LogP contribution in [0.2, 0.25) is 0 Å². The molecule has 0 aliphatic heterocycles. The highest BCUT2D eigenvalue weighted by Crippen LogP contribution is 2.15. The van der Waals surface area contributed by atoms with Crippen LogP contribution >= 0.6 is 0 Å². The summed E-state index contributed by atoms with van der Waals surface area (Å²) in [6.07, 6.45) is 30.4. The Hall–Kier alpha value is -1.10. The molecule has 0 aromatic carbocycles. The molecule has 0 aliphatic carbocycles. The maximum Gasteiger partial charge on any atom is 0.306 e. The smallest absolute Gasteiger partial charge is 0.306 e. The van der Waals surface area contributed by atoms with Gasteiger partial charge in [-0.2, -0.15) is 0 Å². The summed E-state index contributed by atoms with van der Waals surface area (Å²) in [6.45, 7) is 4.08. The highest BCUT2D eigenvalue weighted by Gasteiger charge is 2.16. The van der Waals surface area contributed by atoms with Gasteiger partial charge < -0.3 is 14.6 Å². The van der Waals surface area contributed by atoms with Crippen molar-refractivity contribution in [3.8, 4) is 0 Å². The van der Waals surface area contributed by atoms with Crippen molar-refractivity contribution < 1.29 is 24.2 Å². The van der Waals surface area contributed by atoms with Crippen molar-refractivity contribution >= 4 is 11.9 Å². The minimum absolute atomic E-state index is 0.0595. The van der Waals surface area contributed by atoms with Gasteiger partial charge in [0, 0.05) is 12.8 Å². The molecule has 0 fully saturated rings. The molecule has 1 atom stereocenters. The second kappa shape index (κ2) is 30.4. The molecule has 0 bridgehead atoms. The van der Waals surface area contributed by atoms with Gasteiger partial charge in [-0.25, -0.2) is 0 Å². The number of ether oxygens (including phenoxy) is 2. The van der Waals surface area contributed by atoms with Crippen molar-refractivity contribution in [2.45, 2.75) is 187 Å². The minimum atomic E-state index is -0.758. The van der Waals surface area contributed by atoms with E-state index >= 15 is 0 Å². The zero-order chi connectivity index (χ0) is 27.9. The molecule has 0 aromatic rings. The molecule has 0 amide bonds. The summed E-state index contributed by atoms with van der Waals surface area (Å²) < 4.78 is 10.5. The van der Waals surface area contributed by atoms with Gasteiger partial charge in [-0.3, -0.25) is 9.59 Å². The van der Waals surface area contributed by atoms with Crippen molar-refractivity contribution in [2.75, 3.05) is 13.2 Å². The first-order valence-corrected chi connectivity index (χ1v) is 16.6. The van der Waals surface area contributed by atoms with Gasteiger partial charge in [0.05, 0.1) is 6.61 Å². The van der Waals surface area contributed by atoms with Crippen LogP contribution in [0.4, 0.5) is 0 Å². The zero-order valence-electron chi connectivity index (χ0n) is 25.5. The number of aliphatic hydroxyl groups is 1. The standard InChI is InChI=1S/C33H64O5/c1-3-5-7-9-11-12-13-14-15-16-17-18-19-20-21-22-24-26-28-33(36)38-31(29-34)30-37-32(35)27-25-23-10-8-6-4-2/h31,34H,3-30H2,1-2H3. The van der Waals surface area contributed by atoms with Crippen LogP contribution in [0.3, 0.4) is 0 Å². The second-order valence-electron chi connectivity index (χ2n) is 11.3. The fraction of sp³-hybridized carbons (Fsp3) is 0.939. The van der Waals surface area contributed by atoms with Crippen molar-refractivity contribution in [1.82, 2.24) is 0 Å². The van der Waals surface area contributed by atoms with E-state index < -0.39 is 6.10 Å². The fourth-order valence-corrected chi connectivity index (χ4v) is 4.85. The van der Waals surface area contributed by atoms with Crippen molar-refractivity contribution in [3.05, 3.63) is 0 Å². The van der Waals surface area contributed by atoms with Crippen molar-refractivity contribution in [2.24, 2.45) is 0 Å². The number of carbonyl (C=O) groups excluding carboxylic acids is 2. The van der Waals surface area contributed by atoms with Crippen LogP contribution in [0.15, 0.2) is 0 Å². The molecule has 0 heterocycles. The van der Waals surface area contributed by atoms with E-state index in [-0.39, 0.29) is 25.2 Å². The third-order valence-electron chi connectivity index (χ3n) is 7.40. The van der Waals surface area contributed by atoms with Gasteiger partial charge in [0.2, 0.25) is 0 Å². The minimum Gasteiger partial charge on any atom is -0.462 e. The van der Waals surface area contributed by atoms with Gasteiger partial charge in [0.1, 0.15) is 6.61 Å². The van der Waals surface area contributed by atoms with E-state index in [1.165, 1.54) is 116 Å². The molecule has 226 valence electrons. The lowest BCUT2D eigenvalue weighted by Gasteiger charge is -2.15. The first kappa shape index (κ1) is 36.9. The highest BCUT2D eigenvalue weighted by atomic mass is 16.6. The molecule has 0 saturated heterocycles. The lowest BCUT2D eigenvalue weighted by molar-refractivity contribution is -0.161. The van der Waals surface area contributed by atoms with E-state index in [2.05, 4.69) is 13.8 Å². The van der Waals surface area contributed by atoms with Gasteiger partial charge in [-0.1, -0.05) is 155 Å². The Labute approximate surface area is 236 Å². The Bertz CT molecular complexity index is 508. The number of rotatable bonds is 30. The Balaban J connectivity index is 3.46. The summed E-state index contributed by atoms with van der Waals surface area (Å²) in [6, 6.07) is 0. The molecule has 1 N–H and O–H groups in total. The predicted octanol–water partition coefficient (Wildman–Crippen LogP) is 9.62. The zero-order valence-corrected chi connectivity index (χ0v) is 25.5. The number of carbonyl (C=O) groups is 2. The Morgan fingerprint density at radius 2 is 0.816 bits per heavy atom. The summed E-state index contributed by atoms with van der Waals surface area (Å²) in [5, 5.41) is 9.44. The molecule has 0 aliphatic rings. The topological polar surface area (TPSA) is 72.8 Å². The maximum atomic E-state index is 12.1. The Morgan fingerprint density at radius 1 is 0.500 bits per heavy atom. The third kappa shape index (κ3) is 27.9. The van der Waals surface area contributed by atoms with Gasteiger partial charge in [0.25, 0.3) is 0 Å². The van der Waals surface area contributed by atoms with Gasteiger partial charge >= 0.3 is 11.9 Å². The van der Waals surface area contributed by atoms with Crippen molar-refractivity contribution in [1.29, 1.82) is 0 Å². The normalized spacial score (nSPS) is 12.0. The SMILES string of the molecule is CCCCCCCCCCCCCCCCCCCCC(=O)OC(CO)COC(=O)CCCCCCCC. The molecule has 0 radical (unpaired) electrons. The maximum absolute atomic E-state index is 12.1. The Kier molecular flexibility index (Phi) is 29.6. The molecular weight excluding hydrogens is 476 g/mol. The van der Waals surface area contributed by atoms with E-state index in [0.717, 1.165) is 38.5 Å². The van der Waals surface area contributed by atoms with Crippen LogP contribution in [0.1, 0.15) is 181 Å². The van der Waals surface area contributed by atoms with E-state index in [1.54, 1.807) is 0 Å². The van der Waals surface area contributed by atoms with Crippen LogP contribution in [0.5, 0.6) is 0 Å². The van der Waals surface area contributed by atoms with E-state index in [9.17, 15) is 14.7 Å². The molecule has 0 spiro atoms. The number of aliphatic hydroxyl groups excluding tert-OH is 1. The van der Waals surface area contributed by atoms with E-state index in [1.807, 2.05) is 0 Å². The van der Waals surface area contributed by atoms with Crippen molar-refractivity contribution in [3.63, 3.8) is 0 Å². The summed E-state index contributed by atoms with van der Waals surface area (Å²) in [4.78, 5) is 23.9. The summed E-state index contributed by atoms with van der Waals surface area (Å²) in [5.41, 5.74) is 0. The Morgan fingerprint density at radius 3 is 1.16 bits per heavy atom. The fourth-order valence-electron chi connectivity index (χ4n) is 4.85. The molecule has 1 unspecified atom stereocenters. The average molecular weight is 541 g/mol. The van der Waals surface area contributed by atoms with E-state index in [0.29, 0.717) is 12.8 Å². The average Bonchev–Trinajstić information content (AvgIpc) is 2.92. The van der Waals surface area contributed by atoms with Crippen LogP contribution < -0.4 is 0 Å². The first-order chi connectivity index (χ1) is 18.6. The number of esters is 2. The van der Waals surface area contributed by atoms with Crippen LogP contribution in [0, 0.1) is 0 Å². The van der Waals surface area contributed by atoms with Gasteiger partial charge in [-0.15, -0.1) is 0 Å². The largest absolute Gasteiger partial charge is 0.462 e. The summed E-state index contributed by atoms with van der Waals surface area (Å²) in [7, 11) is 0. The molecule has 38 heavy (non-hydrogen) atoms. The van der Waals surface area contributed by atoms with Crippen LogP contribution in [0.25, 0.3) is 0 Å². The lowest BCUT2D eigenvalue weighted by Crippen LogP contribution is -2.28. The van der Waals surface area contributed by atoms with Gasteiger partial charge in [-0.05, 0) is 12.8 Å². The van der Waals surface area contributed by atoms with Gasteiger partial charge in [0.15, 0.2) is 6.10 Å².